The fourth-order valence-electron chi connectivity index (χ4n) is 2.82. The van der Waals surface area contributed by atoms with E-state index in [2.05, 4.69) is 0 Å². The number of hydrogen-bond donors (Lipinski definition) is 0. The van der Waals surface area contributed by atoms with E-state index in [1.807, 2.05) is 89.9 Å². The van der Waals surface area contributed by atoms with Crippen LogP contribution in [0.4, 0.5) is 0 Å². The summed E-state index contributed by atoms with van der Waals surface area (Å²) in [5.74, 6) is 0. The Labute approximate surface area is 154 Å². The molecule has 0 N–H and O–H groups in total. The van der Waals surface area contributed by atoms with Crippen LogP contribution < -0.4 is 19.5 Å². The molecule has 0 aromatic heterocycles. The van der Waals surface area contributed by atoms with E-state index in [-0.39, 0.29) is 0 Å². The van der Waals surface area contributed by atoms with E-state index in [0.29, 0.717) is 0 Å². The molecule has 0 aliphatic heterocycles. The van der Waals surface area contributed by atoms with Gasteiger partial charge >= 0.3 is 155 Å². The van der Waals surface area contributed by atoms with Gasteiger partial charge in [-0.1, -0.05) is 0 Å². The Balaban J connectivity index is 2.36. The SMILES string of the molecule is [CH3][Sn]([Cl])([Cl])[c]1ccccc1P(=O)(c1ccccc1)c1ccccc1. The van der Waals surface area contributed by atoms with Gasteiger partial charge in [0, 0.05) is 0 Å². The number of benzene rings is 3. The van der Waals surface area contributed by atoms with Gasteiger partial charge in [-0.15, -0.1) is 0 Å². The van der Waals surface area contributed by atoms with E-state index in [9.17, 15) is 4.57 Å². The fraction of sp³-hybridized carbons (Fsp3) is 0.0526. The zero-order valence-electron chi connectivity index (χ0n) is 13.2. The summed E-state index contributed by atoms with van der Waals surface area (Å²) in [7, 11) is 10.2. The van der Waals surface area contributed by atoms with Crippen molar-refractivity contribution in [2.24, 2.45) is 0 Å². The van der Waals surface area contributed by atoms with Crippen molar-refractivity contribution >= 4 is 60.6 Å². The molecule has 0 atom stereocenters. The van der Waals surface area contributed by atoms with Gasteiger partial charge in [0.25, 0.3) is 0 Å². The third kappa shape index (κ3) is 3.46. The van der Waals surface area contributed by atoms with E-state index in [1.54, 1.807) is 0 Å². The summed E-state index contributed by atoms with van der Waals surface area (Å²) in [5, 5.41) is 2.37. The molecule has 0 aliphatic carbocycles. The van der Waals surface area contributed by atoms with E-state index < -0.39 is 23.3 Å². The van der Waals surface area contributed by atoms with Gasteiger partial charge in [0.05, 0.1) is 0 Å². The average molecular weight is 482 g/mol. The predicted octanol–water partition coefficient (Wildman–Crippen LogP) is 4.08. The van der Waals surface area contributed by atoms with Gasteiger partial charge in [-0.25, -0.2) is 0 Å². The molecule has 24 heavy (non-hydrogen) atoms. The van der Waals surface area contributed by atoms with Crippen LogP contribution in [0.25, 0.3) is 0 Å². The van der Waals surface area contributed by atoms with E-state index in [4.69, 9.17) is 17.8 Å². The Morgan fingerprint density at radius 3 is 1.58 bits per heavy atom. The Morgan fingerprint density at radius 2 is 1.12 bits per heavy atom. The number of rotatable bonds is 4. The normalized spacial score (nSPS) is 12.1. The maximum atomic E-state index is 14.4. The second-order valence-electron chi connectivity index (χ2n) is 5.69. The van der Waals surface area contributed by atoms with Crippen molar-refractivity contribution in [2.45, 2.75) is 4.94 Å². The van der Waals surface area contributed by atoms with Crippen LogP contribution in [0.3, 0.4) is 0 Å². The summed E-state index contributed by atoms with van der Waals surface area (Å²) in [5.41, 5.74) is 0. The average Bonchev–Trinajstić information content (AvgIpc) is 2.62. The van der Waals surface area contributed by atoms with E-state index >= 15 is 0 Å². The molecule has 0 heterocycles. The molecule has 0 saturated heterocycles. The summed E-state index contributed by atoms with van der Waals surface area (Å²) < 4.78 is 15.3. The first kappa shape index (κ1) is 18.1. The Morgan fingerprint density at radius 1 is 0.708 bits per heavy atom. The van der Waals surface area contributed by atoms with Gasteiger partial charge in [0.15, 0.2) is 0 Å². The van der Waals surface area contributed by atoms with Gasteiger partial charge in [0.1, 0.15) is 0 Å². The van der Waals surface area contributed by atoms with Crippen LogP contribution in [0.15, 0.2) is 84.9 Å². The van der Waals surface area contributed by atoms with Crippen LogP contribution >= 0.6 is 25.0 Å². The number of hydrogen-bond acceptors (Lipinski definition) is 1. The van der Waals surface area contributed by atoms with Crippen molar-refractivity contribution < 1.29 is 4.57 Å². The predicted molar refractivity (Wildman–Crippen MR) is 109 cm³/mol. The van der Waals surface area contributed by atoms with Crippen molar-refractivity contribution in [1.29, 1.82) is 0 Å². The van der Waals surface area contributed by atoms with Crippen LogP contribution in [0, 0.1) is 0 Å². The first-order valence-electron chi connectivity index (χ1n) is 7.63. The molecule has 3 rings (SSSR count). The molecule has 3 aromatic rings. The van der Waals surface area contributed by atoms with Gasteiger partial charge in [-0.3, -0.25) is 0 Å². The Hall–Kier alpha value is -0.731. The summed E-state index contributed by atoms with van der Waals surface area (Å²) in [4.78, 5) is 1.91. The molecule has 1 nitrogen and oxygen atoms in total. The van der Waals surface area contributed by atoms with Gasteiger partial charge in [-0.2, -0.15) is 0 Å². The Kier molecular flexibility index (Phi) is 5.46. The zero-order chi connectivity index (χ0) is 17.2. The van der Waals surface area contributed by atoms with Crippen LogP contribution in [-0.2, 0) is 4.57 Å². The third-order valence-electron chi connectivity index (χ3n) is 3.96. The molecule has 0 saturated carbocycles. The summed E-state index contributed by atoms with van der Waals surface area (Å²) in [6, 6.07) is 26.8. The van der Waals surface area contributed by atoms with Gasteiger partial charge in [-0.05, 0) is 0 Å². The van der Waals surface area contributed by atoms with Gasteiger partial charge < -0.3 is 0 Å². The molecular weight excluding hydrogens is 465 g/mol. The molecule has 0 bridgehead atoms. The second kappa shape index (κ2) is 7.25. The molecule has 0 fully saturated rings. The maximum absolute atomic E-state index is 14.4. The standard InChI is InChI=1S/C18H14OP.CH3.2ClH.Sn/c19-20(16-10-4-1-5-11-16,17-12-6-2-7-13-17)18-14-8-3-9-15-18;;;;/h1-14H;1H3;2*1H;/q;;;;+2/p-2. The Bertz CT molecular complexity index is 833. The van der Waals surface area contributed by atoms with Crippen LogP contribution in [0.2, 0.25) is 4.94 Å². The van der Waals surface area contributed by atoms with E-state index in [0.717, 1.165) is 19.5 Å². The molecule has 5 heteroatoms. The summed E-state index contributed by atoms with van der Waals surface area (Å²) >= 11 is -3.48. The second-order valence-corrected chi connectivity index (χ2v) is 26.5. The summed E-state index contributed by atoms with van der Waals surface area (Å²) in [6.07, 6.45) is 0. The van der Waals surface area contributed by atoms with Gasteiger partial charge in [0.2, 0.25) is 0 Å². The molecule has 3 aromatic carbocycles. The molecule has 122 valence electrons. The topological polar surface area (TPSA) is 17.1 Å². The van der Waals surface area contributed by atoms with Crippen LogP contribution in [-0.4, -0.2) is 16.1 Å². The van der Waals surface area contributed by atoms with E-state index in [1.165, 1.54) is 0 Å². The van der Waals surface area contributed by atoms with Crippen LogP contribution in [0.5, 0.6) is 0 Å². The minimum absolute atomic E-state index is 0.769. The third-order valence-corrected chi connectivity index (χ3v) is 14.4. The monoisotopic (exact) mass is 482 g/mol. The first-order chi connectivity index (χ1) is 11.4. The molecule has 0 radical (unpaired) electrons. The van der Waals surface area contributed by atoms with Crippen molar-refractivity contribution in [3.05, 3.63) is 84.9 Å². The summed E-state index contributed by atoms with van der Waals surface area (Å²) in [6.45, 7) is 0. The molecule has 0 amide bonds. The molecular formula is C19H17Cl2OPSn. The van der Waals surface area contributed by atoms with Crippen LogP contribution in [0.1, 0.15) is 0 Å². The zero-order valence-corrected chi connectivity index (χ0v) is 18.5. The minimum atomic E-state index is -3.48. The quantitative estimate of drug-likeness (QED) is 0.405. The molecule has 0 aliphatic rings. The van der Waals surface area contributed by atoms with Crippen molar-refractivity contribution in [2.75, 3.05) is 0 Å². The molecule has 0 unspecified atom stereocenters. The first-order valence-corrected chi connectivity index (χ1v) is 20.8. The number of halogens is 2. The fourth-order valence-corrected chi connectivity index (χ4v) is 14.1. The van der Waals surface area contributed by atoms with Crippen molar-refractivity contribution in [1.82, 2.24) is 0 Å². The van der Waals surface area contributed by atoms with Crippen molar-refractivity contribution in [3.8, 4) is 0 Å². The molecule has 0 spiro atoms. The van der Waals surface area contributed by atoms with Crippen molar-refractivity contribution in [3.63, 3.8) is 0 Å².